The van der Waals surface area contributed by atoms with Gasteiger partial charge in [-0.25, -0.2) is 4.98 Å². The number of ether oxygens (including phenoxy) is 3. The number of aromatic nitrogens is 2. The molecule has 6 heteroatoms. The van der Waals surface area contributed by atoms with Gasteiger partial charge < -0.3 is 18.8 Å². The smallest absolute Gasteiger partial charge is 0.231 e. The molecule has 138 valence electrons. The first-order valence-corrected chi connectivity index (χ1v) is 9.51. The van der Waals surface area contributed by atoms with E-state index in [1.807, 2.05) is 18.6 Å². The molecule has 0 bridgehead atoms. The van der Waals surface area contributed by atoms with Gasteiger partial charge >= 0.3 is 0 Å². The van der Waals surface area contributed by atoms with Crippen LogP contribution in [-0.2, 0) is 24.4 Å². The number of imidazole rings is 1. The van der Waals surface area contributed by atoms with Gasteiger partial charge in [0.1, 0.15) is 0 Å². The van der Waals surface area contributed by atoms with Gasteiger partial charge in [0.15, 0.2) is 11.5 Å². The van der Waals surface area contributed by atoms with Crippen LogP contribution in [0.25, 0.3) is 0 Å². The van der Waals surface area contributed by atoms with Crippen LogP contribution in [0.15, 0.2) is 30.7 Å². The predicted molar refractivity (Wildman–Crippen MR) is 95.9 cm³/mol. The van der Waals surface area contributed by atoms with Crippen molar-refractivity contribution < 1.29 is 14.2 Å². The molecule has 0 saturated heterocycles. The summed E-state index contributed by atoms with van der Waals surface area (Å²) in [7, 11) is 0. The van der Waals surface area contributed by atoms with Crippen LogP contribution in [0.5, 0.6) is 11.5 Å². The molecule has 1 aromatic heterocycles. The van der Waals surface area contributed by atoms with E-state index in [9.17, 15) is 0 Å². The quantitative estimate of drug-likeness (QED) is 0.797. The van der Waals surface area contributed by atoms with E-state index < -0.39 is 0 Å². The van der Waals surface area contributed by atoms with E-state index in [0.717, 1.165) is 56.8 Å². The van der Waals surface area contributed by atoms with E-state index >= 15 is 0 Å². The van der Waals surface area contributed by atoms with E-state index in [-0.39, 0.29) is 0 Å². The lowest BCUT2D eigenvalue weighted by Crippen LogP contribution is -2.30. The SMILES string of the molecule is c1cc2c(cc1CN1Cc3cncn3C[C@H](COCC3CC3)C1)OCO2. The topological polar surface area (TPSA) is 48.8 Å². The molecular weight excluding hydrogens is 330 g/mol. The minimum Gasteiger partial charge on any atom is -0.454 e. The van der Waals surface area contributed by atoms with Gasteiger partial charge in [0.2, 0.25) is 6.79 Å². The highest BCUT2D eigenvalue weighted by molar-refractivity contribution is 5.44. The zero-order chi connectivity index (χ0) is 17.3. The molecule has 0 radical (unpaired) electrons. The lowest BCUT2D eigenvalue weighted by Gasteiger charge is -2.24. The van der Waals surface area contributed by atoms with Crippen molar-refractivity contribution in [2.75, 3.05) is 26.6 Å². The van der Waals surface area contributed by atoms with Crippen molar-refractivity contribution in [1.29, 1.82) is 0 Å². The molecule has 0 amide bonds. The number of rotatable bonds is 6. The van der Waals surface area contributed by atoms with Gasteiger partial charge in [-0.1, -0.05) is 6.07 Å². The van der Waals surface area contributed by atoms with Crippen molar-refractivity contribution in [2.45, 2.75) is 32.5 Å². The van der Waals surface area contributed by atoms with Crippen molar-refractivity contribution in [3.8, 4) is 11.5 Å². The van der Waals surface area contributed by atoms with Crippen LogP contribution in [0.2, 0.25) is 0 Å². The van der Waals surface area contributed by atoms with Crippen molar-refractivity contribution >= 4 is 0 Å². The van der Waals surface area contributed by atoms with Gasteiger partial charge in [-0.05, 0) is 36.5 Å². The third-order valence-electron chi connectivity index (χ3n) is 5.40. The fourth-order valence-corrected chi connectivity index (χ4v) is 3.85. The predicted octanol–water partition coefficient (Wildman–Crippen LogP) is 2.67. The second kappa shape index (κ2) is 6.93. The van der Waals surface area contributed by atoms with Gasteiger partial charge in [-0.2, -0.15) is 0 Å². The van der Waals surface area contributed by atoms with Crippen LogP contribution in [0, 0.1) is 11.8 Å². The lowest BCUT2D eigenvalue weighted by molar-refractivity contribution is 0.0705. The summed E-state index contributed by atoms with van der Waals surface area (Å²) in [5, 5.41) is 0. The summed E-state index contributed by atoms with van der Waals surface area (Å²) in [6.07, 6.45) is 6.62. The average Bonchev–Trinajstić information content (AvgIpc) is 3.22. The summed E-state index contributed by atoms with van der Waals surface area (Å²) in [5.41, 5.74) is 2.52. The molecule has 2 aromatic rings. The maximum atomic E-state index is 6.01. The third kappa shape index (κ3) is 3.57. The number of nitrogens with zero attached hydrogens (tertiary/aromatic N) is 3. The molecular formula is C20H25N3O3. The summed E-state index contributed by atoms with van der Waals surface area (Å²) >= 11 is 0. The number of hydrogen-bond donors (Lipinski definition) is 0. The molecule has 0 N–H and O–H groups in total. The fraction of sp³-hybridized carbons (Fsp3) is 0.550. The molecule has 5 rings (SSSR count). The number of benzene rings is 1. The summed E-state index contributed by atoms with van der Waals surface area (Å²) in [6, 6.07) is 6.24. The van der Waals surface area contributed by atoms with Crippen molar-refractivity contribution in [1.82, 2.24) is 14.5 Å². The standard InChI is InChI=1S/C20H25N3O3/c1-2-15(1)11-24-12-17-8-22(10-18-6-21-13-23(18)9-17)7-16-3-4-19-20(5-16)26-14-25-19/h3-6,13,15,17H,1-2,7-12,14H2/t17-/m1/s1. The summed E-state index contributed by atoms with van der Waals surface area (Å²) in [4.78, 5) is 6.84. The van der Waals surface area contributed by atoms with Gasteiger partial charge in [0, 0.05) is 44.9 Å². The molecule has 6 nitrogen and oxygen atoms in total. The van der Waals surface area contributed by atoms with Crippen LogP contribution in [0.3, 0.4) is 0 Å². The first kappa shape index (κ1) is 16.1. The second-order valence-corrected chi connectivity index (χ2v) is 7.74. The highest BCUT2D eigenvalue weighted by Crippen LogP contribution is 2.33. The number of hydrogen-bond acceptors (Lipinski definition) is 5. The Morgan fingerprint density at radius 2 is 1.96 bits per heavy atom. The van der Waals surface area contributed by atoms with E-state index in [1.54, 1.807) is 0 Å². The molecule has 1 aromatic carbocycles. The largest absolute Gasteiger partial charge is 0.454 e. The molecule has 3 aliphatic rings. The lowest BCUT2D eigenvalue weighted by atomic mass is 10.1. The monoisotopic (exact) mass is 355 g/mol. The molecule has 1 aliphatic carbocycles. The van der Waals surface area contributed by atoms with Crippen LogP contribution in [-0.4, -0.2) is 41.0 Å². The van der Waals surface area contributed by atoms with E-state index in [0.29, 0.717) is 12.7 Å². The fourth-order valence-electron chi connectivity index (χ4n) is 3.85. The van der Waals surface area contributed by atoms with Gasteiger partial charge in [0.25, 0.3) is 0 Å². The van der Waals surface area contributed by atoms with Crippen molar-refractivity contribution in [3.05, 3.63) is 42.0 Å². The molecule has 3 heterocycles. The molecule has 2 aliphatic heterocycles. The molecule has 1 saturated carbocycles. The van der Waals surface area contributed by atoms with Gasteiger partial charge in [-0.3, -0.25) is 4.90 Å². The Labute approximate surface area is 153 Å². The molecule has 1 atom stereocenters. The summed E-state index contributed by atoms with van der Waals surface area (Å²) in [5.74, 6) is 2.99. The first-order valence-electron chi connectivity index (χ1n) is 9.51. The van der Waals surface area contributed by atoms with Crippen molar-refractivity contribution in [2.24, 2.45) is 11.8 Å². The maximum absolute atomic E-state index is 6.01. The zero-order valence-electron chi connectivity index (χ0n) is 15.0. The molecule has 26 heavy (non-hydrogen) atoms. The Morgan fingerprint density at radius 1 is 1.08 bits per heavy atom. The van der Waals surface area contributed by atoms with Gasteiger partial charge in [-0.15, -0.1) is 0 Å². The highest BCUT2D eigenvalue weighted by Gasteiger charge is 2.25. The number of fused-ring (bicyclic) bond motifs is 2. The van der Waals surface area contributed by atoms with Crippen LogP contribution < -0.4 is 9.47 Å². The van der Waals surface area contributed by atoms with E-state index in [1.165, 1.54) is 24.1 Å². The Morgan fingerprint density at radius 3 is 2.88 bits per heavy atom. The van der Waals surface area contributed by atoms with Crippen molar-refractivity contribution in [3.63, 3.8) is 0 Å². The maximum Gasteiger partial charge on any atom is 0.231 e. The van der Waals surface area contributed by atoms with E-state index in [2.05, 4.69) is 26.6 Å². The normalized spacial score (nSPS) is 22.2. The Bertz CT molecular complexity index is 771. The molecule has 0 unspecified atom stereocenters. The minimum absolute atomic E-state index is 0.322. The summed E-state index contributed by atoms with van der Waals surface area (Å²) < 4.78 is 19.2. The van der Waals surface area contributed by atoms with Crippen LogP contribution >= 0.6 is 0 Å². The highest BCUT2D eigenvalue weighted by atomic mass is 16.7. The Hall–Kier alpha value is -2.05. The van der Waals surface area contributed by atoms with Crippen LogP contribution in [0.4, 0.5) is 0 Å². The Kier molecular flexibility index (Phi) is 4.30. The molecule has 0 spiro atoms. The first-order chi connectivity index (χ1) is 12.8. The average molecular weight is 355 g/mol. The Balaban J connectivity index is 1.28. The van der Waals surface area contributed by atoms with Gasteiger partial charge in [0.05, 0.1) is 18.6 Å². The van der Waals surface area contributed by atoms with Crippen LogP contribution in [0.1, 0.15) is 24.1 Å². The molecule has 1 fully saturated rings. The zero-order valence-corrected chi connectivity index (χ0v) is 15.0. The second-order valence-electron chi connectivity index (χ2n) is 7.74. The third-order valence-corrected chi connectivity index (χ3v) is 5.40. The summed E-state index contributed by atoms with van der Waals surface area (Å²) in [6.45, 7) is 5.89. The minimum atomic E-state index is 0.322. The van der Waals surface area contributed by atoms with E-state index in [4.69, 9.17) is 14.2 Å².